The van der Waals surface area contributed by atoms with E-state index < -0.39 is 0 Å². The molecule has 98 valence electrons. The summed E-state index contributed by atoms with van der Waals surface area (Å²) in [6.07, 6.45) is 9.38. The number of hydrogen-bond acceptors (Lipinski definition) is 2. The van der Waals surface area contributed by atoms with Gasteiger partial charge in [0.1, 0.15) is 0 Å². The van der Waals surface area contributed by atoms with Crippen molar-refractivity contribution < 1.29 is 4.79 Å². The average Bonchev–Trinajstić information content (AvgIpc) is 3.15. The van der Waals surface area contributed by atoms with Crippen LogP contribution in [0.15, 0.2) is 0 Å². The number of unbranched alkanes of at least 4 members (excludes halogenated alkanes) is 2. The maximum absolute atomic E-state index is 11.7. The highest BCUT2D eigenvalue weighted by Gasteiger charge is 2.41. The summed E-state index contributed by atoms with van der Waals surface area (Å²) in [5.41, 5.74) is 5.42. The van der Waals surface area contributed by atoms with Gasteiger partial charge in [-0.1, -0.05) is 6.42 Å². The van der Waals surface area contributed by atoms with Crippen LogP contribution in [0.5, 0.6) is 0 Å². The van der Waals surface area contributed by atoms with Gasteiger partial charge in [0, 0.05) is 13.0 Å². The van der Waals surface area contributed by atoms with Crippen LogP contribution in [0.2, 0.25) is 0 Å². The molecule has 3 nitrogen and oxygen atoms in total. The van der Waals surface area contributed by atoms with Crippen molar-refractivity contribution in [1.29, 1.82) is 0 Å². The maximum Gasteiger partial charge on any atom is 0.220 e. The first-order valence-electron chi connectivity index (χ1n) is 7.28. The van der Waals surface area contributed by atoms with E-state index in [0.717, 1.165) is 50.1 Å². The lowest BCUT2D eigenvalue weighted by Gasteiger charge is -2.16. The van der Waals surface area contributed by atoms with Crippen molar-refractivity contribution in [2.45, 2.75) is 51.4 Å². The van der Waals surface area contributed by atoms with Gasteiger partial charge in [0.05, 0.1) is 0 Å². The van der Waals surface area contributed by atoms with Crippen molar-refractivity contribution in [1.82, 2.24) is 5.32 Å². The van der Waals surface area contributed by atoms with E-state index in [1.165, 1.54) is 25.7 Å². The SMILES string of the molecule is NCCCCCC(=O)NCC(C1CC1)C1CC1. The van der Waals surface area contributed by atoms with Crippen LogP contribution in [0, 0.1) is 17.8 Å². The summed E-state index contributed by atoms with van der Waals surface area (Å²) in [7, 11) is 0. The number of rotatable bonds is 9. The van der Waals surface area contributed by atoms with Crippen LogP contribution in [0.4, 0.5) is 0 Å². The minimum Gasteiger partial charge on any atom is -0.356 e. The molecule has 2 aliphatic carbocycles. The number of carbonyl (C=O) groups is 1. The molecule has 0 aliphatic heterocycles. The van der Waals surface area contributed by atoms with Crippen LogP contribution in [0.1, 0.15) is 51.4 Å². The summed E-state index contributed by atoms with van der Waals surface area (Å²) in [6.45, 7) is 1.68. The van der Waals surface area contributed by atoms with E-state index in [4.69, 9.17) is 5.73 Å². The summed E-state index contributed by atoms with van der Waals surface area (Å²) >= 11 is 0. The van der Waals surface area contributed by atoms with Crippen LogP contribution >= 0.6 is 0 Å². The monoisotopic (exact) mass is 238 g/mol. The highest BCUT2D eigenvalue weighted by atomic mass is 16.1. The summed E-state index contributed by atoms with van der Waals surface area (Å²) in [6, 6.07) is 0. The highest BCUT2D eigenvalue weighted by molar-refractivity contribution is 5.75. The molecule has 2 saturated carbocycles. The minimum atomic E-state index is 0.244. The highest BCUT2D eigenvalue weighted by Crippen LogP contribution is 2.48. The molecule has 17 heavy (non-hydrogen) atoms. The fourth-order valence-corrected chi connectivity index (χ4v) is 2.69. The van der Waals surface area contributed by atoms with E-state index >= 15 is 0 Å². The van der Waals surface area contributed by atoms with Gasteiger partial charge in [-0.15, -0.1) is 0 Å². The lowest BCUT2D eigenvalue weighted by molar-refractivity contribution is -0.121. The van der Waals surface area contributed by atoms with Gasteiger partial charge in [-0.05, 0) is 62.8 Å². The van der Waals surface area contributed by atoms with Crippen molar-refractivity contribution >= 4 is 5.91 Å². The van der Waals surface area contributed by atoms with Crippen molar-refractivity contribution in [2.24, 2.45) is 23.5 Å². The molecule has 0 heterocycles. The molecule has 0 bridgehead atoms. The zero-order chi connectivity index (χ0) is 12.1. The standard InChI is InChI=1S/C14H26N2O/c15-9-3-1-2-4-14(17)16-10-13(11-5-6-11)12-7-8-12/h11-13H,1-10,15H2,(H,16,17). The average molecular weight is 238 g/mol. The normalized spacial score (nSPS) is 19.6. The van der Waals surface area contributed by atoms with Crippen molar-refractivity contribution in [3.63, 3.8) is 0 Å². The number of nitrogens with two attached hydrogens (primary N) is 1. The van der Waals surface area contributed by atoms with Crippen molar-refractivity contribution in [2.75, 3.05) is 13.1 Å². The molecule has 0 atom stereocenters. The molecule has 0 aromatic rings. The summed E-state index contributed by atoms with van der Waals surface area (Å²) in [4.78, 5) is 11.7. The fraction of sp³-hybridized carbons (Fsp3) is 0.929. The molecule has 1 amide bonds. The van der Waals surface area contributed by atoms with Crippen molar-refractivity contribution in [3.8, 4) is 0 Å². The Morgan fingerprint density at radius 3 is 2.29 bits per heavy atom. The Labute approximate surface area is 105 Å². The Morgan fingerprint density at radius 1 is 1.12 bits per heavy atom. The molecule has 2 rings (SSSR count). The molecule has 0 saturated heterocycles. The van der Waals surface area contributed by atoms with E-state index in [0.29, 0.717) is 6.42 Å². The summed E-state index contributed by atoms with van der Waals surface area (Å²) in [5.74, 6) is 2.90. The van der Waals surface area contributed by atoms with Gasteiger partial charge in [0.2, 0.25) is 5.91 Å². The number of nitrogens with one attached hydrogen (secondary N) is 1. The Morgan fingerprint density at radius 2 is 1.76 bits per heavy atom. The van der Waals surface area contributed by atoms with Crippen LogP contribution in [-0.4, -0.2) is 19.0 Å². The lowest BCUT2D eigenvalue weighted by atomic mass is 9.98. The smallest absolute Gasteiger partial charge is 0.220 e. The van der Waals surface area contributed by atoms with Gasteiger partial charge in [0.15, 0.2) is 0 Å². The van der Waals surface area contributed by atoms with Gasteiger partial charge >= 0.3 is 0 Å². The first kappa shape index (κ1) is 12.9. The molecule has 0 unspecified atom stereocenters. The molecule has 0 radical (unpaired) electrons. The third-order valence-corrected chi connectivity index (χ3v) is 4.10. The molecule has 3 N–H and O–H groups in total. The second-order valence-corrected chi connectivity index (χ2v) is 5.74. The maximum atomic E-state index is 11.7. The molecular weight excluding hydrogens is 212 g/mol. The Bertz CT molecular complexity index is 235. The third kappa shape index (κ3) is 4.66. The predicted octanol–water partition coefficient (Wildman–Crippen LogP) is 2.06. The molecule has 0 spiro atoms. The van der Waals surface area contributed by atoms with Gasteiger partial charge in [0.25, 0.3) is 0 Å². The van der Waals surface area contributed by atoms with Gasteiger partial charge in [-0.3, -0.25) is 4.79 Å². The van der Waals surface area contributed by atoms with E-state index in [1.807, 2.05) is 0 Å². The molecule has 0 aromatic heterocycles. The topological polar surface area (TPSA) is 55.1 Å². The number of amides is 1. The van der Waals surface area contributed by atoms with Crippen LogP contribution in [0.3, 0.4) is 0 Å². The van der Waals surface area contributed by atoms with Crippen LogP contribution in [-0.2, 0) is 4.79 Å². The van der Waals surface area contributed by atoms with Gasteiger partial charge < -0.3 is 11.1 Å². The van der Waals surface area contributed by atoms with Crippen LogP contribution < -0.4 is 11.1 Å². The second kappa shape index (κ2) is 6.39. The van der Waals surface area contributed by atoms with Crippen molar-refractivity contribution in [3.05, 3.63) is 0 Å². The zero-order valence-corrected chi connectivity index (χ0v) is 10.8. The molecule has 0 aromatic carbocycles. The molecule has 3 heteroatoms. The number of carbonyl (C=O) groups excluding carboxylic acids is 1. The van der Waals surface area contributed by atoms with Gasteiger partial charge in [-0.25, -0.2) is 0 Å². The van der Waals surface area contributed by atoms with E-state index in [2.05, 4.69) is 5.32 Å². The minimum absolute atomic E-state index is 0.244. The molecule has 2 fully saturated rings. The van der Waals surface area contributed by atoms with E-state index in [-0.39, 0.29) is 5.91 Å². The first-order valence-corrected chi connectivity index (χ1v) is 7.28. The Kier molecular flexibility index (Phi) is 4.84. The largest absolute Gasteiger partial charge is 0.356 e. The summed E-state index contributed by atoms with van der Waals surface area (Å²) < 4.78 is 0. The predicted molar refractivity (Wildman–Crippen MR) is 69.5 cm³/mol. The first-order chi connectivity index (χ1) is 8.31. The summed E-state index contributed by atoms with van der Waals surface area (Å²) in [5, 5.41) is 3.13. The second-order valence-electron chi connectivity index (χ2n) is 5.74. The van der Waals surface area contributed by atoms with E-state index in [1.54, 1.807) is 0 Å². The fourth-order valence-electron chi connectivity index (χ4n) is 2.69. The Balaban J connectivity index is 1.55. The quantitative estimate of drug-likeness (QED) is 0.604. The molecule has 2 aliphatic rings. The zero-order valence-electron chi connectivity index (χ0n) is 10.8. The van der Waals surface area contributed by atoms with Gasteiger partial charge in [-0.2, -0.15) is 0 Å². The van der Waals surface area contributed by atoms with E-state index in [9.17, 15) is 4.79 Å². The van der Waals surface area contributed by atoms with Crippen LogP contribution in [0.25, 0.3) is 0 Å². The molecular formula is C14H26N2O. The Hall–Kier alpha value is -0.570. The lowest BCUT2D eigenvalue weighted by Crippen LogP contribution is -2.30. The third-order valence-electron chi connectivity index (χ3n) is 4.10. The number of hydrogen-bond donors (Lipinski definition) is 2.